The summed E-state index contributed by atoms with van der Waals surface area (Å²) in [4.78, 5) is 27.8. The molecule has 21 heavy (non-hydrogen) atoms. The van der Waals surface area contributed by atoms with E-state index in [0.717, 1.165) is 0 Å². The number of imidazole rings is 1. The lowest BCUT2D eigenvalue weighted by molar-refractivity contribution is -0.122. The number of rotatable bonds is 4. The normalized spacial score (nSPS) is 13.0. The molecule has 114 valence electrons. The van der Waals surface area contributed by atoms with Crippen LogP contribution < -0.4 is 16.0 Å². The Balaban J connectivity index is 2.22. The van der Waals surface area contributed by atoms with E-state index in [9.17, 15) is 4.79 Å². The molecule has 0 spiro atoms. The van der Waals surface area contributed by atoms with E-state index in [4.69, 9.17) is 0 Å². The highest BCUT2D eigenvalue weighted by atomic mass is 16.2. The van der Waals surface area contributed by atoms with Crippen LogP contribution in [0.5, 0.6) is 0 Å². The molecule has 0 saturated carbocycles. The Kier molecular flexibility index (Phi) is 3.97. The van der Waals surface area contributed by atoms with Crippen molar-refractivity contribution in [2.45, 2.75) is 39.3 Å². The monoisotopic (exact) mass is 291 g/mol. The standard InChI is InChI=1S/C13H21N7O/c1-7(11(21)20-13(2,3)4)17-10-8-9(16-6-15-8)18-12(14-5)19-10/h6-7H,1-5H3,(H,20,21)(H3,14,15,16,17,18,19). The summed E-state index contributed by atoms with van der Waals surface area (Å²) >= 11 is 0. The lowest BCUT2D eigenvalue weighted by Gasteiger charge is -2.24. The van der Waals surface area contributed by atoms with Crippen molar-refractivity contribution in [2.75, 3.05) is 17.7 Å². The first kappa shape index (κ1) is 15.0. The minimum Gasteiger partial charge on any atom is -0.357 e. The largest absolute Gasteiger partial charge is 0.357 e. The topological polar surface area (TPSA) is 108 Å². The number of carbonyl (C=O) groups is 1. The second-order valence-electron chi connectivity index (χ2n) is 5.85. The minimum absolute atomic E-state index is 0.0974. The fourth-order valence-corrected chi connectivity index (χ4v) is 1.80. The first-order chi connectivity index (χ1) is 9.80. The summed E-state index contributed by atoms with van der Waals surface area (Å²) in [5.74, 6) is 0.888. The maximum atomic E-state index is 12.1. The number of nitrogens with one attached hydrogen (secondary N) is 4. The summed E-state index contributed by atoms with van der Waals surface area (Å²) in [5.41, 5.74) is 0.933. The van der Waals surface area contributed by atoms with E-state index in [1.807, 2.05) is 20.8 Å². The summed E-state index contributed by atoms with van der Waals surface area (Å²) in [7, 11) is 1.73. The van der Waals surface area contributed by atoms with Crippen molar-refractivity contribution < 1.29 is 4.79 Å². The highest BCUT2D eigenvalue weighted by molar-refractivity contribution is 5.89. The average molecular weight is 291 g/mol. The van der Waals surface area contributed by atoms with Gasteiger partial charge in [-0.15, -0.1) is 0 Å². The molecule has 0 aliphatic carbocycles. The van der Waals surface area contributed by atoms with Gasteiger partial charge in [0.25, 0.3) is 0 Å². The molecule has 1 atom stereocenters. The zero-order chi connectivity index (χ0) is 15.6. The maximum Gasteiger partial charge on any atom is 0.242 e. The van der Waals surface area contributed by atoms with Crippen LogP contribution in [-0.4, -0.2) is 44.5 Å². The van der Waals surface area contributed by atoms with E-state index in [-0.39, 0.29) is 11.4 Å². The van der Waals surface area contributed by atoms with Crippen LogP contribution in [0.2, 0.25) is 0 Å². The van der Waals surface area contributed by atoms with Gasteiger partial charge in [-0.25, -0.2) is 4.98 Å². The number of amides is 1. The lowest BCUT2D eigenvalue weighted by Crippen LogP contribution is -2.47. The first-order valence-corrected chi connectivity index (χ1v) is 6.77. The first-order valence-electron chi connectivity index (χ1n) is 6.77. The molecule has 2 aromatic rings. The van der Waals surface area contributed by atoms with Gasteiger partial charge in [0.05, 0.1) is 6.33 Å². The summed E-state index contributed by atoms with van der Waals surface area (Å²) in [6, 6.07) is -0.435. The third-order valence-corrected chi connectivity index (χ3v) is 2.75. The van der Waals surface area contributed by atoms with Crippen LogP contribution in [0.1, 0.15) is 27.7 Å². The molecule has 0 fully saturated rings. The van der Waals surface area contributed by atoms with Crippen molar-refractivity contribution in [3.05, 3.63) is 6.33 Å². The molecular formula is C13H21N7O. The van der Waals surface area contributed by atoms with E-state index in [0.29, 0.717) is 22.9 Å². The molecule has 0 radical (unpaired) electrons. The van der Waals surface area contributed by atoms with Gasteiger partial charge in [0.1, 0.15) is 11.6 Å². The molecule has 8 nitrogen and oxygen atoms in total. The number of carbonyl (C=O) groups excluding carboxylic acids is 1. The Morgan fingerprint density at radius 1 is 1.33 bits per heavy atom. The predicted molar refractivity (Wildman–Crippen MR) is 82.2 cm³/mol. The third kappa shape index (κ3) is 3.59. The van der Waals surface area contributed by atoms with Crippen LogP contribution in [0.25, 0.3) is 11.2 Å². The number of aromatic amines is 1. The molecule has 0 bridgehead atoms. The van der Waals surface area contributed by atoms with Gasteiger partial charge in [-0.1, -0.05) is 0 Å². The van der Waals surface area contributed by atoms with Crippen molar-refractivity contribution in [2.24, 2.45) is 0 Å². The quantitative estimate of drug-likeness (QED) is 0.672. The van der Waals surface area contributed by atoms with Gasteiger partial charge < -0.3 is 20.9 Å². The molecule has 0 saturated heterocycles. The Labute approximate surface area is 123 Å². The summed E-state index contributed by atoms with van der Waals surface area (Å²) in [5, 5.41) is 8.89. The number of fused-ring (bicyclic) bond motifs is 1. The van der Waals surface area contributed by atoms with Gasteiger partial charge in [0.2, 0.25) is 11.9 Å². The van der Waals surface area contributed by atoms with Crippen LogP contribution in [0.4, 0.5) is 11.8 Å². The molecule has 0 aliphatic rings. The molecule has 1 amide bonds. The van der Waals surface area contributed by atoms with Crippen LogP contribution in [-0.2, 0) is 4.79 Å². The van der Waals surface area contributed by atoms with E-state index in [1.165, 1.54) is 0 Å². The Morgan fingerprint density at radius 3 is 2.67 bits per heavy atom. The van der Waals surface area contributed by atoms with Crippen molar-refractivity contribution in [1.29, 1.82) is 0 Å². The van der Waals surface area contributed by atoms with Crippen LogP contribution in [0.15, 0.2) is 6.33 Å². The molecule has 4 N–H and O–H groups in total. The van der Waals surface area contributed by atoms with Crippen molar-refractivity contribution >= 4 is 28.8 Å². The Bertz CT molecular complexity index is 643. The van der Waals surface area contributed by atoms with E-state index >= 15 is 0 Å². The van der Waals surface area contributed by atoms with Gasteiger partial charge in [-0.3, -0.25) is 4.79 Å². The molecule has 2 aromatic heterocycles. The van der Waals surface area contributed by atoms with Gasteiger partial charge in [0.15, 0.2) is 11.5 Å². The molecule has 8 heteroatoms. The molecule has 2 heterocycles. The van der Waals surface area contributed by atoms with Gasteiger partial charge >= 0.3 is 0 Å². The zero-order valence-electron chi connectivity index (χ0n) is 12.9. The highest BCUT2D eigenvalue weighted by Crippen LogP contribution is 2.19. The molecular weight excluding hydrogens is 270 g/mol. The third-order valence-electron chi connectivity index (χ3n) is 2.75. The van der Waals surface area contributed by atoms with Crippen molar-refractivity contribution in [1.82, 2.24) is 25.3 Å². The van der Waals surface area contributed by atoms with Gasteiger partial charge in [-0.2, -0.15) is 9.97 Å². The molecule has 0 aromatic carbocycles. The molecule has 2 rings (SSSR count). The average Bonchev–Trinajstić information content (AvgIpc) is 2.84. The molecule has 0 aliphatic heterocycles. The number of nitrogens with zero attached hydrogens (tertiary/aromatic N) is 3. The second-order valence-corrected chi connectivity index (χ2v) is 5.85. The van der Waals surface area contributed by atoms with E-state index in [2.05, 4.69) is 35.9 Å². The number of hydrogen-bond donors (Lipinski definition) is 4. The van der Waals surface area contributed by atoms with Crippen molar-refractivity contribution in [3.63, 3.8) is 0 Å². The van der Waals surface area contributed by atoms with E-state index in [1.54, 1.807) is 20.3 Å². The smallest absolute Gasteiger partial charge is 0.242 e. The molecule has 1 unspecified atom stereocenters. The SMILES string of the molecule is CNc1nc(NC(C)C(=O)NC(C)(C)C)c2[nH]cnc2n1. The Hall–Kier alpha value is -2.38. The Morgan fingerprint density at radius 2 is 2.05 bits per heavy atom. The fourth-order valence-electron chi connectivity index (χ4n) is 1.80. The predicted octanol–water partition coefficient (Wildman–Crippen LogP) is 1.11. The van der Waals surface area contributed by atoms with E-state index < -0.39 is 6.04 Å². The van der Waals surface area contributed by atoms with Crippen LogP contribution in [0.3, 0.4) is 0 Å². The summed E-state index contributed by atoms with van der Waals surface area (Å²) in [6.45, 7) is 7.60. The van der Waals surface area contributed by atoms with Crippen LogP contribution >= 0.6 is 0 Å². The summed E-state index contributed by atoms with van der Waals surface area (Å²) in [6.07, 6.45) is 1.55. The zero-order valence-corrected chi connectivity index (χ0v) is 12.9. The van der Waals surface area contributed by atoms with Crippen molar-refractivity contribution in [3.8, 4) is 0 Å². The number of H-pyrrole nitrogens is 1. The maximum absolute atomic E-state index is 12.1. The number of anilines is 2. The summed E-state index contributed by atoms with van der Waals surface area (Å²) < 4.78 is 0. The van der Waals surface area contributed by atoms with Crippen LogP contribution in [0, 0.1) is 0 Å². The van der Waals surface area contributed by atoms with Gasteiger partial charge in [0, 0.05) is 12.6 Å². The number of aromatic nitrogens is 4. The van der Waals surface area contributed by atoms with Gasteiger partial charge in [-0.05, 0) is 27.7 Å². The highest BCUT2D eigenvalue weighted by Gasteiger charge is 2.21. The fraction of sp³-hybridized carbons (Fsp3) is 0.538. The number of hydrogen-bond acceptors (Lipinski definition) is 6. The minimum atomic E-state index is -0.435. The second kappa shape index (κ2) is 5.55. The lowest BCUT2D eigenvalue weighted by atomic mass is 10.1.